The second-order valence-corrected chi connectivity index (χ2v) is 8.36. The number of hydrogen-bond acceptors (Lipinski definition) is 8. The van der Waals surface area contributed by atoms with E-state index in [4.69, 9.17) is 18.9 Å². The quantitative estimate of drug-likeness (QED) is 0.231. The van der Waals surface area contributed by atoms with E-state index in [1.165, 1.54) is 23.2 Å². The average Bonchev–Trinajstić information content (AvgIpc) is 3.32. The Hall–Kier alpha value is -3.59. The third kappa shape index (κ3) is 6.73. The number of benzene rings is 2. The molecule has 0 fully saturated rings. The predicted molar refractivity (Wildman–Crippen MR) is 135 cm³/mol. The highest BCUT2D eigenvalue weighted by molar-refractivity contribution is 7.14. The van der Waals surface area contributed by atoms with Crippen molar-refractivity contribution in [2.24, 2.45) is 0 Å². The van der Waals surface area contributed by atoms with Crippen LogP contribution in [0.25, 0.3) is 0 Å². The SMILES string of the molecule is CCCCOc1ccc(C(=O)OCc2csc(N(C(C)=O)c3ccccc3OC)n2)cc1OCC. The normalized spacial score (nSPS) is 10.5. The van der Waals surface area contributed by atoms with Crippen molar-refractivity contribution < 1.29 is 28.5 Å². The van der Waals surface area contributed by atoms with Gasteiger partial charge in [-0.15, -0.1) is 11.3 Å². The van der Waals surface area contributed by atoms with E-state index in [0.717, 1.165) is 12.8 Å². The van der Waals surface area contributed by atoms with Gasteiger partial charge in [-0.1, -0.05) is 25.5 Å². The van der Waals surface area contributed by atoms with Gasteiger partial charge in [0.05, 0.1) is 37.3 Å². The fourth-order valence-corrected chi connectivity index (χ4v) is 4.12. The number of hydrogen-bond donors (Lipinski definition) is 0. The Kier molecular flexibility index (Phi) is 9.48. The highest BCUT2D eigenvalue weighted by Crippen LogP contribution is 2.35. The molecule has 2 aromatic carbocycles. The molecule has 0 bridgehead atoms. The van der Waals surface area contributed by atoms with Gasteiger partial charge in [0.1, 0.15) is 12.4 Å². The fourth-order valence-electron chi connectivity index (χ4n) is 3.26. The molecule has 0 N–H and O–H groups in total. The van der Waals surface area contributed by atoms with Crippen LogP contribution in [0.2, 0.25) is 0 Å². The predicted octanol–water partition coefficient (Wildman–Crippen LogP) is 5.77. The number of carbonyl (C=O) groups excluding carboxylic acids is 2. The Labute approximate surface area is 209 Å². The van der Waals surface area contributed by atoms with Crippen molar-refractivity contribution in [1.29, 1.82) is 0 Å². The van der Waals surface area contributed by atoms with Gasteiger partial charge in [-0.2, -0.15) is 0 Å². The Morgan fingerprint density at radius 3 is 2.54 bits per heavy atom. The lowest BCUT2D eigenvalue weighted by atomic mass is 10.2. The maximum absolute atomic E-state index is 12.7. The van der Waals surface area contributed by atoms with Gasteiger partial charge in [0.2, 0.25) is 5.91 Å². The summed E-state index contributed by atoms with van der Waals surface area (Å²) in [7, 11) is 1.55. The van der Waals surface area contributed by atoms with E-state index in [-0.39, 0.29) is 12.5 Å². The molecule has 3 rings (SSSR count). The number of rotatable bonds is 12. The molecular weight excluding hydrogens is 468 g/mol. The summed E-state index contributed by atoms with van der Waals surface area (Å²) in [5, 5.41) is 2.21. The standard InChI is InChI=1S/C26H30N2O6S/c1-5-7-14-33-23-13-12-19(15-24(23)32-6-2)25(30)34-16-20-17-35-26(27-20)28(18(3)29)21-10-8-9-11-22(21)31-4/h8-13,15,17H,5-7,14,16H2,1-4H3. The van der Waals surface area contributed by atoms with Crippen LogP contribution in [0.1, 0.15) is 49.7 Å². The lowest BCUT2D eigenvalue weighted by molar-refractivity contribution is -0.115. The molecule has 1 amide bonds. The summed E-state index contributed by atoms with van der Waals surface area (Å²) >= 11 is 1.28. The molecule has 0 unspecified atom stereocenters. The zero-order chi connectivity index (χ0) is 25.2. The molecule has 186 valence electrons. The maximum Gasteiger partial charge on any atom is 0.338 e. The topological polar surface area (TPSA) is 87.2 Å². The first kappa shape index (κ1) is 26.0. The van der Waals surface area contributed by atoms with Crippen molar-refractivity contribution in [3.63, 3.8) is 0 Å². The van der Waals surface area contributed by atoms with Crippen LogP contribution < -0.4 is 19.1 Å². The van der Waals surface area contributed by atoms with Crippen LogP contribution >= 0.6 is 11.3 Å². The number of amides is 1. The van der Waals surface area contributed by atoms with Crippen LogP contribution in [0.15, 0.2) is 47.8 Å². The minimum atomic E-state index is -0.506. The molecule has 35 heavy (non-hydrogen) atoms. The van der Waals surface area contributed by atoms with Crippen LogP contribution in [-0.4, -0.2) is 37.2 Å². The number of methoxy groups -OCH3 is 1. The average molecular weight is 499 g/mol. The van der Waals surface area contributed by atoms with Gasteiger partial charge in [0.15, 0.2) is 16.6 Å². The van der Waals surface area contributed by atoms with E-state index >= 15 is 0 Å². The number of esters is 1. The smallest absolute Gasteiger partial charge is 0.338 e. The largest absolute Gasteiger partial charge is 0.495 e. The van der Waals surface area contributed by atoms with Crippen LogP contribution in [-0.2, 0) is 16.1 Å². The first-order chi connectivity index (χ1) is 17.0. The second kappa shape index (κ2) is 12.8. The van der Waals surface area contributed by atoms with Gasteiger partial charge in [-0.25, -0.2) is 9.78 Å². The minimum Gasteiger partial charge on any atom is -0.495 e. The first-order valence-electron chi connectivity index (χ1n) is 11.4. The van der Waals surface area contributed by atoms with E-state index in [2.05, 4.69) is 11.9 Å². The number of unbranched alkanes of at least 4 members (excludes halogenated alkanes) is 1. The lowest BCUT2D eigenvalue weighted by Gasteiger charge is -2.20. The van der Waals surface area contributed by atoms with Crippen molar-refractivity contribution in [1.82, 2.24) is 4.98 Å². The zero-order valence-corrected chi connectivity index (χ0v) is 21.2. The molecule has 0 aliphatic heterocycles. The van der Waals surface area contributed by atoms with E-state index in [1.54, 1.807) is 42.8 Å². The minimum absolute atomic E-state index is 0.0360. The lowest BCUT2D eigenvalue weighted by Crippen LogP contribution is -2.23. The molecule has 9 heteroatoms. The third-order valence-corrected chi connectivity index (χ3v) is 5.83. The summed E-state index contributed by atoms with van der Waals surface area (Å²) in [6.45, 7) is 6.41. The Morgan fingerprint density at radius 1 is 1.03 bits per heavy atom. The molecule has 3 aromatic rings. The third-order valence-electron chi connectivity index (χ3n) is 4.96. The summed E-state index contributed by atoms with van der Waals surface area (Å²) in [5.41, 5.74) is 1.47. The van der Waals surface area contributed by atoms with E-state index in [1.807, 2.05) is 19.1 Å². The molecule has 0 aliphatic carbocycles. The van der Waals surface area contributed by atoms with Gasteiger partial charge in [0.25, 0.3) is 0 Å². The van der Waals surface area contributed by atoms with Crippen LogP contribution in [0.3, 0.4) is 0 Å². The molecule has 0 radical (unpaired) electrons. The molecule has 1 aromatic heterocycles. The molecule has 0 saturated carbocycles. The van der Waals surface area contributed by atoms with Gasteiger partial charge < -0.3 is 18.9 Å². The van der Waals surface area contributed by atoms with E-state index in [0.29, 0.717) is 52.5 Å². The molecule has 0 atom stereocenters. The summed E-state index contributed by atoms with van der Waals surface area (Å²) < 4.78 is 22.3. The molecule has 0 saturated heterocycles. The van der Waals surface area contributed by atoms with Crippen LogP contribution in [0, 0.1) is 0 Å². The number of anilines is 2. The summed E-state index contributed by atoms with van der Waals surface area (Å²) in [4.78, 5) is 31.0. The summed E-state index contributed by atoms with van der Waals surface area (Å²) in [5.74, 6) is 0.938. The Morgan fingerprint density at radius 2 is 1.83 bits per heavy atom. The van der Waals surface area contributed by atoms with Crippen molar-refractivity contribution in [3.05, 3.63) is 59.1 Å². The summed E-state index contributed by atoms with van der Waals surface area (Å²) in [6, 6.07) is 12.2. The summed E-state index contributed by atoms with van der Waals surface area (Å²) in [6.07, 6.45) is 1.96. The van der Waals surface area contributed by atoms with Crippen molar-refractivity contribution >= 4 is 34.0 Å². The molecular formula is C26H30N2O6S. The first-order valence-corrected chi connectivity index (χ1v) is 12.3. The van der Waals surface area contributed by atoms with Gasteiger partial charge >= 0.3 is 5.97 Å². The van der Waals surface area contributed by atoms with Gasteiger partial charge in [0, 0.05) is 12.3 Å². The molecule has 0 spiro atoms. The van der Waals surface area contributed by atoms with E-state index in [9.17, 15) is 9.59 Å². The van der Waals surface area contributed by atoms with Gasteiger partial charge in [-0.3, -0.25) is 9.69 Å². The number of thiazole rings is 1. The van der Waals surface area contributed by atoms with Crippen molar-refractivity contribution in [2.75, 3.05) is 25.2 Å². The van der Waals surface area contributed by atoms with Crippen LogP contribution in [0.4, 0.5) is 10.8 Å². The van der Waals surface area contributed by atoms with Crippen LogP contribution in [0.5, 0.6) is 17.2 Å². The molecule has 1 heterocycles. The highest BCUT2D eigenvalue weighted by atomic mass is 32.1. The number of para-hydroxylation sites is 2. The maximum atomic E-state index is 12.7. The number of ether oxygens (including phenoxy) is 4. The molecule has 0 aliphatic rings. The Balaban J connectivity index is 1.70. The van der Waals surface area contributed by atoms with Gasteiger partial charge in [-0.05, 0) is 43.7 Å². The number of aromatic nitrogens is 1. The fraction of sp³-hybridized carbons (Fsp3) is 0.346. The van der Waals surface area contributed by atoms with E-state index < -0.39 is 5.97 Å². The highest BCUT2D eigenvalue weighted by Gasteiger charge is 2.22. The number of carbonyl (C=O) groups is 2. The number of nitrogens with zero attached hydrogens (tertiary/aromatic N) is 2. The molecule has 8 nitrogen and oxygen atoms in total. The Bertz CT molecular complexity index is 1150. The van der Waals surface area contributed by atoms with Crippen molar-refractivity contribution in [3.8, 4) is 17.2 Å². The monoisotopic (exact) mass is 498 g/mol. The second-order valence-electron chi connectivity index (χ2n) is 7.52. The van der Waals surface area contributed by atoms with Crippen molar-refractivity contribution in [2.45, 2.75) is 40.2 Å². The zero-order valence-electron chi connectivity index (χ0n) is 20.4.